The van der Waals surface area contributed by atoms with E-state index in [2.05, 4.69) is 15.9 Å². The maximum Gasteiger partial charge on any atom is 0.249 e. The molecule has 0 heterocycles. The fourth-order valence-electron chi connectivity index (χ4n) is 1.66. The monoisotopic (exact) mass is 323 g/mol. The fourth-order valence-corrected chi connectivity index (χ4v) is 2.10. The summed E-state index contributed by atoms with van der Waals surface area (Å²) < 4.78 is 19.2. The van der Waals surface area contributed by atoms with Crippen molar-refractivity contribution < 1.29 is 13.9 Å². The molecule has 0 radical (unpaired) electrons. The average molecular weight is 324 g/mol. The van der Waals surface area contributed by atoms with Crippen molar-refractivity contribution in [2.45, 2.75) is 6.61 Å². The number of benzene rings is 2. The molecule has 2 rings (SSSR count). The predicted octanol–water partition coefficient (Wildman–Crippen LogP) is 3.27. The second kappa shape index (κ2) is 5.84. The highest BCUT2D eigenvalue weighted by atomic mass is 79.9. The molecule has 98 valence electrons. The lowest BCUT2D eigenvalue weighted by molar-refractivity contribution is 0.0998. The van der Waals surface area contributed by atoms with Crippen LogP contribution in [0.4, 0.5) is 4.39 Å². The van der Waals surface area contributed by atoms with Crippen molar-refractivity contribution in [3.8, 4) is 5.75 Å². The number of amides is 1. The summed E-state index contributed by atoms with van der Waals surface area (Å²) in [4.78, 5) is 11.2. The first-order valence-electron chi connectivity index (χ1n) is 5.53. The van der Waals surface area contributed by atoms with E-state index in [0.29, 0.717) is 21.3 Å². The molecule has 2 N–H and O–H groups in total. The van der Waals surface area contributed by atoms with Crippen molar-refractivity contribution >= 4 is 21.8 Å². The van der Waals surface area contributed by atoms with Crippen LogP contribution in [0.3, 0.4) is 0 Å². The first-order chi connectivity index (χ1) is 9.06. The van der Waals surface area contributed by atoms with Gasteiger partial charge in [0.1, 0.15) is 18.2 Å². The van der Waals surface area contributed by atoms with Gasteiger partial charge in [-0.25, -0.2) is 4.39 Å². The van der Waals surface area contributed by atoms with Crippen molar-refractivity contribution in [1.82, 2.24) is 0 Å². The molecule has 0 aliphatic heterocycles. The third-order valence-corrected chi connectivity index (χ3v) is 2.97. The number of carbonyl (C=O) groups is 1. The Balaban J connectivity index is 2.16. The largest absolute Gasteiger partial charge is 0.489 e. The van der Waals surface area contributed by atoms with Gasteiger partial charge in [-0.2, -0.15) is 0 Å². The van der Waals surface area contributed by atoms with Crippen LogP contribution in [0.15, 0.2) is 46.9 Å². The molecule has 2 aromatic rings. The molecule has 2 aromatic carbocycles. The van der Waals surface area contributed by atoms with Crippen LogP contribution in [0.5, 0.6) is 5.75 Å². The maximum atomic E-state index is 13.2. The second-order valence-corrected chi connectivity index (χ2v) is 4.83. The highest BCUT2D eigenvalue weighted by Gasteiger charge is 2.08. The number of hydrogen-bond donors (Lipinski definition) is 1. The number of nitrogens with two attached hydrogens (primary N) is 1. The Hall–Kier alpha value is -1.88. The van der Waals surface area contributed by atoms with Gasteiger partial charge in [-0.15, -0.1) is 0 Å². The first-order valence-corrected chi connectivity index (χ1v) is 6.32. The van der Waals surface area contributed by atoms with Gasteiger partial charge in [0.2, 0.25) is 5.91 Å². The van der Waals surface area contributed by atoms with E-state index in [0.717, 1.165) is 0 Å². The summed E-state index contributed by atoms with van der Waals surface area (Å²) in [5.74, 6) is -0.529. The van der Waals surface area contributed by atoms with Crippen molar-refractivity contribution in [1.29, 1.82) is 0 Å². The van der Waals surface area contributed by atoms with Gasteiger partial charge >= 0.3 is 0 Å². The van der Waals surface area contributed by atoms with Gasteiger partial charge in [0.05, 0.1) is 0 Å². The van der Waals surface area contributed by atoms with Crippen LogP contribution in [0.1, 0.15) is 15.9 Å². The minimum atomic E-state index is -0.514. The molecule has 3 nitrogen and oxygen atoms in total. The van der Waals surface area contributed by atoms with E-state index in [1.807, 2.05) is 0 Å². The van der Waals surface area contributed by atoms with Crippen LogP contribution in [-0.4, -0.2) is 5.91 Å². The summed E-state index contributed by atoms with van der Waals surface area (Å²) in [7, 11) is 0. The molecule has 0 unspecified atom stereocenters. The van der Waals surface area contributed by atoms with Gasteiger partial charge in [-0.05, 0) is 18.2 Å². The number of primary amides is 1. The molecule has 1 amide bonds. The van der Waals surface area contributed by atoms with Crippen LogP contribution in [0.25, 0.3) is 0 Å². The van der Waals surface area contributed by atoms with E-state index in [4.69, 9.17) is 10.5 Å². The lowest BCUT2D eigenvalue weighted by atomic mass is 10.1. The molecule has 0 aliphatic carbocycles. The molecule has 5 heteroatoms. The summed E-state index contributed by atoms with van der Waals surface area (Å²) in [6.07, 6.45) is 0. The predicted molar refractivity (Wildman–Crippen MR) is 73.4 cm³/mol. The van der Waals surface area contributed by atoms with Gasteiger partial charge in [-0.3, -0.25) is 4.79 Å². The molecule has 0 saturated carbocycles. The normalized spacial score (nSPS) is 10.2. The highest BCUT2D eigenvalue weighted by molar-refractivity contribution is 9.10. The first kappa shape index (κ1) is 13.5. The Bertz CT molecular complexity index is 596. The van der Waals surface area contributed by atoms with Gasteiger partial charge < -0.3 is 10.5 Å². The summed E-state index contributed by atoms with van der Waals surface area (Å²) in [6, 6.07) is 11.1. The van der Waals surface area contributed by atoms with Crippen LogP contribution in [0, 0.1) is 5.82 Å². The minimum Gasteiger partial charge on any atom is -0.489 e. The SMILES string of the molecule is NC(=O)c1ccccc1COc1cc(F)cc(Br)c1. The number of carbonyl (C=O) groups excluding carboxylic acids is 1. The van der Waals surface area contributed by atoms with E-state index in [-0.39, 0.29) is 6.61 Å². The van der Waals surface area contributed by atoms with E-state index in [1.54, 1.807) is 30.3 Å². The third kappa shape index (κ3) is 3.54. The lowest BCUT2D eigenvalue weighted by Crippen LogP contribution is -2.14. The van der Waals surface area contributed by atoms with Crippen molar-refractivity contribution in [3.05, 3.63) is 63.9 Å². The molecule has 19 heavy (non-hydrogen) atoms. The topological polar surface area (TPSA) is 52.3 Å². The Morgan fingerprint density at radius 2 is 2.00 bits per heavy atom. The van der Waals surface area contributed by atoms with Crippen LogP contribution >= 0.6 is 15.9 Å². The molecule has 0 saturated heterocycles. The molecule has 0 aromatic heterocycles. The lowest BCUT2D eigenvalue weighted by Gasteiger charge is -2.09. The van der Waals surface area contributed by atoms with Crippen LogP contribution < -0.4 is 10.5 Å². The summed E-state index contributed by atoms with van der Waals surface area (Å²) in [6.45, 7) is 0.148. The van der Waals surface area contributed by atoms with Gasteiger partial charge in [0, 0.05) is 21.7 Å². The second-order valence-electron chi connectivity index (χ2n) is 3.92. The quantitative estimate of drug-likeness (QED) is 0.938. The Kier molecular flexibility index (Phi) is 4.16. The zero-order valence-electron chi connectivity index (χ0n) is 9.90. The summed E-state index contributed by atoms with van der Waals surface area (Å²) >= 11 is 3.18. The molecular weight excluding hydrogens is 313 g/mol. The van der Waals surface area contributed by atoms with Gasteiger partial charge in [0.15, 0.2) is 0 Å². The zero-order chi connectivity index (χ0) is 13.8. The Labute approximate surface area is 118 Å². The number of hydrogen-bond acceptors (Lipinski definition) is 2. The van der Waals surface area contributed by atoms with E-state index in [1.165, 1.54) is 12.1 Å². The smallest absolute Gasteiger partial charge is 0.249 e. The number of ether oxygens (including phenoxy) is 1. The van der Waals surface area contributed by atoms with Crippen molar-refractivity contribution in [2.24, 2.45) is 5.73 Å². The Morgan fingerprint density at radius 3 is 2.68 bits per heavy atom. The van der Waals surface area contributed by atoms with Crippen LogP contribution in [-0.2, 0) is 6.61 Å². The maximum absolute atomic E-state index is 13.2. The molecule has 0 spiro atoms. The molecule has 0 bridgehead atoms. The average Bonchev–Trinajstić information content (AvgIpc) is 2.35. The molecule has 0 aliphatic rings. The van der Waals surface area contributed by atoms with Crippen LogP contribution in [0.2, 0.25) is 0 Å². The molecule has 0 fully saturated rings. The molecular formula is C14H11BrFNO2. The van der Waals surface area contributed by atoms with Crippen molar-refractivity contribution in [2.75, 3.05) is 0 Å². The van der Waals surface area contributed by atoms with E-state index >= 15 is 0 Å². The summed E-state index contributed by atoms with van der Waals surface area (Å²) in [5, 5.41) is 0. The van der Waals surface area contributed by atoms with Crippen molar-refractivity contribution in [3.63, 3.8) is 0 Å². The minimum absolute atomic E-state index is 0.148. The fraction of sp³-hybridized carbons (Fsp3) is 0.0714. The van der Waals surface area contributed by atoms with E-state index < -0.39 is 11.7 Å². The summed E-state index contributed by atoms with van der Waals surface area (Å²) in [5.41, 5.74) is 6.33. The third-order valence-electron chi connectivity index (χ3n) is 2.51. The number of rotatable bonds is 4. The van der Waals surface area contributed by atoms with E-state index in [9.17, 15) is 9.18 Å². The van der Waals surface area contributed by atoms with Gasteiger partial charge in [-0.1, -0.05) is 34.1 Å². The van der Waals surface area contributed by atoms with Gasteiger partial charge in [0.25, 0.3) is 0 Å². The standard InChI is InChI=1S/C14H11BrFNO2/c15-10-5-11(16)7-12(6-10)19-8-9-3-1-2-4-13(9)14(17)18/h1-7H,8H2,(H2,17,18). The highest BCUT2D eigenvalue weighted by Crippen LogP contribution is 2.22. The Morgan fingerprint density at radius 1 is 1.26 bits per heavy atom. The number of halogens is 2. The molecule has 0 atom stereocenters. The zero-order valence-corrected chi connectivity index (χ0v) is 11.5.